The van der Waals surface area contributed by atoms with E-state index in [9.17, 15) is 9.18 Å². The minimum Gasteiger partial charge on any atom is -0.351 e. The Hall–Kier alpha value is -2.74. The molecule has 0 unspecified atom stereocenters. The van der Waals surface area contributed by atoms with Gasteiger partial charge in [0.15, 0.2) is 11.0 Å². The van der Waals surface area contributed by atoms with E-state index in [1.807, 2.05) is 16.7 Å². The van der Waals surface area contributed by atoms with Crippen LogP contribution in [-0.2, 0) is 17.9 Å². The minimum atomic E-state index is -0.245. The Bertz CT molecular complexity index is 945. The predicted molar refractivity (Wildman–Crippen MR) is 107 cm³/mol. The number of aryl methyl sites for hydroxylation is 1. The van der Waals surface area contributed by atoms with Gasteiger partial charge in [0.25, 0.3) is 0 Å². The van der Waals surface area contributed by atoms with Crippen LogP contribution in [0.25, 0.3) is 11.4 Å². The summed E-state index contributed by atoms with van der Waals surface area (Å²) in [5, 5.41) is 12.1. The average molecular weight is 399 g/mol. The van der Waals surface area contributed by atoms with E-state index in [2.05, 4.69) is 27.4 Å². The number of rotatable bonds is 8. The van der Waals surface area contributed by atoms with Gasteiger partial charge >= 0.3 is 0 Å². The van der Waals surface area contributed by atoms with Crippen LogP contribution in [-0.4, -0.2) is 31.4 Å². The molecule has 0 aliphatic heterocycles. The molecule has 1 N–H and O–H groups in total. The normalized spacial score (nSPS) is 10.8. The highest BCUT2D eigenvalue weighted by Gasteiger charge is 2.15. The molecule has 2 heterocycles. The lowest BCUT2D eigenvalue weighted by Gasteiger charge is -2.09. The number of hydrogen-bond donors (Lipinski definition) is 1. The van der Waals surface area contributed by atoms with E-state index in [4.69, 9.17) is 0 Å². The summed E-state index contributed by atoms with van der Waals surface area (Å²) < 4.78 is 15.3. The van der Waals surface area contributed by atoms with Crippen molar-refractivity contribution in [2.75, 3.05) is 5.75 Å². The molecule has 3 rings (SSSR count). The molecule has 28 heavy (non-hydrogen) atoms. The zero-order valence-electron chi connectivity index (χ0n) is 15.9. The second-order valence-corrected chi connectivity index (χ2v) is 7.29. The number of halogens is 1. The molecule has 146 valence electrons. The molecule has 0 fully saturated rings. The Morgan fingerprint density at radius 2 is 2.00 bits per heavy atom. The van der Waals surface area contributed by atoms with Gasteiger partial charge in [-0.3, -0.25) is 9.78 Å². The summed E-state index contributed by atoms with van der Waals surface area (Å²) >= 11 is 1.35. The number of pyridine rings is 1. The molecule has 3 aromatic rings. The number of hydrogen-bond acceptors (Lipinski definition) is 5. The zero-order valence-corrected chi connectivity index (χ0v) is 16.7. The van der Waals surface area contributed by atoms with Crippen molar-refractivity contribution in [2.24, 2.45) is 0 Å². The van der Waals surface area contributed by atoms with Gasteiger partial charge in [-0.15, -0.1) is 10.2 Å². The van der Waals surface area contributed by atoms with Crippen molar-refractivity contribution in [3.05, 3.63) is 59.7 Å². The van der Waals surface area contributed by atoms with Crippen molar-refractivity contribution >= 4 is 17.7 Å². The summed E-state index contributed by atoms with van der Waals surface area (Å²) in [6.45, 7) is 4.92. The maximum atomic E-state index is 13.3. The highest BCUT2D eigenvalue weighted by atomic mass is 32.2. The number of carbonyl (C=O) groups excluding carboxylic acids is 1. The molecular weight excluding hydrogens is 377 g/mol. The molecular formula is C20H22FN5OS. The number of thioether (sulfide) groups is 1. The van der Waals surface area contributed by atoms with Gasteiger partial charge in [0.2, 0.25) is 5.91 Å². The van der Waals surface area contributed by atoms with Crippen LogP contribution in [0.3, 0.4) is 0 Å². The Balaban J connectivity index is 1.61. The Labute approximate surface area is 167 Å². The minimum absolute atomic E-state index is 0.108. The molecule has 0 atom stereocenters. The molecule has 0 aliphatic carbocycles. The number of amides is 1. The lowest BCUT2D eigenvalue weighted by atomic mass is 10.1. The van der Waals surface area contributed by atoms with Crippen LogP contribution in [0.4, 0.5) is 4.39 Å². The van der Waals surface area contributed by atoms with Gasteiger partial charge in [-0.1, -0.05) is 30.8 Å². The lowest BCUT2D eigenvalue weighted by molar-refractivity contribution is -0.118. The molecule has 8 heteroatoms. The summed E-state index contributed by atoms with van der Waals surface area (Å²) in [5.74, 6) is 0.654. The average Bonchev–Trinajstić information content (AvgIpc) is 3.11. The Morgan fingerprint density at radius 1 is 1.21 bits per heavy atom. The summed E-state index contributed by atoms with van der Waals surface area (Å²) in [7, 11) is 0. The van der Waals surface area contributed by atoms with Crippen molar-refractivity contribution in [3.8, 4) is 11.4 Å². The molecule has 0 aliphatic rings. The first kappa shape index (κ1) is 20.0. The highest BCUT2D eigenvalue weighted by molar-refractivity contribution is 7.99. The molecule has 0 spiro atoms. The van der Waals surface area contributed by atoms with Crippen molar-refractivity contribution in [1.82, 2.24) is 25.1 Å². The monoisotopic (exact) mass is 399 g/mol. The van der Waals surface area contributed by atoms with Crippen LogP contribution in [0.2, 0.25) is 0 Å². The maximum absolute atomic E-state index is 13.3. The van der Waals surface area contributed by atoms with Crippen LogP contribution < -0.4 is 5.32 Å². The highest BCUT2D eigenvalue weighted by Crippen LogP contribution is 2.24. The van der Waals surface area contributed by atoms with Crippen LogP contribution in [0.5, 0.6) is 0 Å². The van der Waals surface area contributed by atoms with Crippen LogP contribution >= 0.6 is 11.8 Å². The number of aromatic nitrogens is 4. The van der Waals surface area contributed by atoms with Crippen LogP contribution in [0.15, 0.2) is 47.9 Å². The van der Waals surface area contributed by atoms with Gasteiger partial charge in [-0.25, -0.2) is 4.39 Å². The lowest BCUT2D eigenvalue weighted by Crippen LogP contribution is -2.24. The molecule has 6 nitrogen and oxygen atoms in total. The summed E-state index contributed by atoms with van der Waals surface area (Å²) in [6, 6.07) is 8.61. The van der Waals surface area contributed by atoms with E-state index in [1.165, 1.54) is 17.8 Å². The summed E-state index contributed by atoms with van der Waals surface area (Å²) in [6.07, 6.45) is 4.37. The topological polar surface area (TPSA) is 72.7 Å². The molecule has 0 saturated carbocycles. The summed E-state index contributed by atoms with van der Waals surface area (Å²) in [5.41, 5.74) is 2.38. The molecule has 1 amide bonds. The van der Waals surface area contributed by atoms with Gasteiger partial charge in [0, 0.05) is 31.0 Å². The third-order valence-electron chi connectivity index (χ3n) is 4.15. The first-order valence-corrected chi connectivity index (χ1v) is 10.0. The van der Waals surface area contributed by atoms with Crippen molar-refractivity contribution in [2.45, 2.75) is 38.5 Å². The third kappa shape index (κ3) is 4.95. The van der Waals surface area contributed by atoms with E-state index in [1.54, 1.807) is 31.5 Å². The molecule has 0 bridgehead atoms. The van der Waals surface area contributed by atoms with Gasteiger partial charge in [-0.2, -0.15) is 0 Å². The van der Waals surface area contributed by atoms with Crippen molar-refractivity contribution < 1.29 is 9.18 Å². The van der Waals surface area contributed by atoms with Crippen molar-refractivity contribution in [3.63, 3.8) is 0 Å². The van der Waals surface area contributed by atoms with E-state index in [0.29, 0.717) is 17.3 Å². The Kier molecular flexibility index (Phi) is 6.76. The fourth-order valence-corrected chi connectivity index (χ4v) is 3.53. The largest absolute Gasteiger partial charge is 0.351 e. The quantitative estimate of drug-likeness (QED) is 0.586. The van der Waals surface area contributed by atoms with E-state index in [0.717, 1.165) is 29.9 Å². The molecule has 0 saturated heterocycles. The fraction of sp³-hybridized carbons (Fsp3) is 0.300. The first-order valence-electron chi connectivity index (χ1n) is 9.06. The van der Waals surface area contributed by atoms with Crippen molar-refractivity contribution in [1.29, 1.82) is 0 Å². The predicted octanol–water partition coefficient (Wildman–Crippen LogP) is 3.61. The van der Waals surface area contributed by atoms with Gasteiger partial charge in [-0.05, 0) is 42.7 Å². The SMILES string of the molecule is CCCn1c(SCC(=O)NCc2ccc(F)c(C)c2)nnc1-c1ccncc1. The maximum Gasteiger partial charge on any atom is 0.230 e. The second kappa shape index (κ2) is 9.45. The molecule has 0 radical (unpaired) electrons. The van der Waals surface area contributed by atoms with Gasteiger partial charge < -0.3 is 9.88 Å². The van der Waals surface area contributed by atoms with Gasteiger partial charge in [0.1, 0.15) is 5.82 Å². The molecule has 1 aromatic carbocycles. The van der Waals surface area contributed by atoms with Gasteiger partial charge in [0.05, 0.1) is 5.75 Å². The molecule has 2 aromatic heterocycles. The zero-order chi connectivity index (χ0) is 19.9. The number of nitrogens with zero attached hydrogens (tertiary/aromatic N) is 4. The van der Waals surface area contributed by atoms with E-state index < -0.39 is 0 Å². The number of nitrogens with one attached hydrogen (secondary N) is 1. The number of benzene rings is 1. The second-order valence-electron chi connectivity index (χ2n) is 6.34. The van der Waals surface area contributed by atoms with E-state index in [-0.39, 0.29) is 17.5 Å². The first-order chi connectivity index (χ1) is 13.6. The van der Waals surface area contributed by atoms with Crippen LogP contribution in [0.1, 0.15) is 24.5 Å². The summed E-state index contributed by atoms with van der Waals surface area (Å²) in [4.78, 5) is 16.2. The standard InChI is InChI=1S/C20H22FN5OS/c1-3-10-26-19(16-6-8-22-9-7-16)24-25-20(26)28-13-18(27)23-12-15-4-5-17(21)14(2)11-15/h4-9,11H,3,10,12-13H2,1-2H3,(H,23,27). The third-order valence-corrected chi connectivity index (χ3v) is 5.11. The fourth-order valence-electron chi connectivity index (χ4n) is 2.73. The Morgan fingerprint density at radius 3 is 2.71 bits per heavy atom. The van der Waals surface area contributed by atoms with E-state index >= 15 is 0 Å². The number of carbonyl (C=O) groups is 1. The van der Waals surface area contributed by atoms with Crippen LogP contribution in [0, 0.1) is 12.7 Å². The smallest absolute Gasteiger partial charge is 0.230 e.